The highest BCUT2D eigenvalue weighted by molar-refractivity contribution is 8.18. The molecule has 1 fully saturated rings. The van der Waals surface area contributed by atoms with E-state index in [2.05, 4.69) is 5.32 Å². The Morgan fingerprint density at radius 1 is 1.20 bits per heavy atom. The second-order valence-corrected chi connectivity index (χ2v) is 7.79. The van der Waals surface area contributed by atoms with E-state index >= 15 is 0 Å². The van der Waals surface area contributed by atoms with E-state index in [0.29, 0.717) is 27.8 Å². The molecule has 0 unspecified atom stereocenters. The van der Waals surface area contributed by atoms with E-state index in [-0.39, 0.29) is 4.91 Å². The lowest BCUT2D eigenvalue weighted by Crippen LogP contribution is -2.36. The molecule has 0 radical (unpaired) electrons. The first kappa shape index (κ1) is 21.7. The van der Waals surface area contributed by atoms with Crippen molar-refractivity contribution in [2.75, 3.05) is 26.1 Å². The summed E-state index contributed by atoms with van der Waals surface area (Å²) in [5.74, 6) is -0.0987. The number of hydrogen-bond acceptors (Lipinski definition) is 6. The van der Waals surface area contributed by atoms with Crippen LogP contribution in [-0.4, -0.2) is 42.7 Å². The number of nitrogens with one attached hydrogen (secondary N) is 1. The zero-order valence-electron chi connectivity index (χ0n) is 16.5. The highest BCUT2D eigenvalue weighted by Crippen LogP contribution is 2.37. The van der Waals surface area contributed by atoms with Crippen molar-refractivity contribution in [2.24, 2.45) is 0 Å². The number of para-hydroxylation sites is 1. The fraction of sp³-hybridized carbons (Fsp3) is 0.190. The quantitative estimate of drug-likeness (QED) is 0.664. The Morgan fingerprint density at radius 2 is 1.97 bits per heavy atom. The van der Waals surface area contributed by atoms with Gasteiger partial charge in [0.2, 0.25) is 5.91 Å². The van der Waals surface area contributed by atoms with Crippen molar-refractivity contribution in [1.29, 1.82) is 0 Å². The molecule has 1 heterocycles. The van der Waals surface area contributed by atoms with Gasteiger partial charge in [0, 0.05) is 16.3 Å². The molecule has 0 saturated carbocycles. The molecule has 156 valence electrons. The number of nitrogens with zero attached hydrogens (tertiary/aromatic N) is 1. The van der Waals surface area contributed by atoms with Gasteiger partial charge in [-0.2, -0.15) is 0 Å². The summed E-state index contributed by atoms with van der Waals surface area (Å²) in [6.07, 6.45) is 1.55. The summed E-state index contributed by atoms with van der Waals surface area (Å²) < 4.78 is 10.6. The minimum Gasteiger partial charge on any atom is -0.493 e. The third-order valence-electron chi connectivity index (χ3n) is 4.37. The van der Waals surface area contributed by atoms with Crippen LogP contribution in [0.25, 0.3) is 6.08 Å². The lowest BCUT2D eigenvalue weighted by atomic mass is 10.1. The molecule has 0 atom stereocenters. The Bertz CT molecular complexity index is 1050. The Hall–Kier alpha value is -2.97. The normalized spacial score (nSPS) is 14.9. The Kier molecular flexibility index (Phi) is 6.69. The highest BCUT2D eigenvalue weighted by Gasteiger charge is 2.36. The Labute approximate surface area is 183 Å². The smallest absolute Gasteiger partial charge is 0.294 e. The van der Waals surface area contributed by atoms with Gasteiger partial charge in [-0.15, -0.1) is 0 Å². The average molecular weight is 447 g/mol. The fourth-order valence-corrected chi connectivity index (χ4v) is 3.87. The lowest BCUT2D eigenvalue weighted by molar-refractivity contribution is -0.127. The largest absolute Gasteiger partial charge is 0.493 e. The van der Waals surface area contributed by atoms with E-state index in [1.807, 2.05) is 6.92 Å². The van der Waals surface area contributed by atoms with Crippen molar-refractivity contribution in [3.05, 3.63) is 57.5 Å². The molecule has 1 aliphatic heterocycles. The zero-order valence-corrected chi connectivity index (χ0v) is 18.1. The van der Waals surface area contributed by atoms with E-state index in [1.165, 1.54) is 14.2 Å². The number of amides is 3. The number of aryl methyl sites for hydroxylation is 1. The van der Waals surface area contributed by atoms with Crippen LogP contribution in [0.1, 0.15) is 11.1 Å². The zero-order chi connectivity index (χ0) is 21.8. The maximum absolute atomic E-state index is 12.7. The van der Waals surface area contributed by atoms with Gasteiger partial charge < -0.3 is 14.8 Å². The summed E-state index contributed by atoms with van der Waals surface area (Å²) >= 11 is 6.72. The second kappa shape index (κ2) is 9.23. The van der Waals surface area contributed by atoms with Crippen LogP contribution < -0.4 is 14.8 Å². The molecule has 0 aliphatic carbocycles. The first-order chi connectivity index (χ1) is 14.3. The SMILES string of the molecule is COc1cccc(/C=C2/SC(=O)N(CC(=O)Nc3cc(Cl)ccc3C)C2=O)c1OC. The van der Waals surface area contributed by atoms with E-state index in [0.717, 1.165) is 22.2 Å². The standard InChI is InChI=1S/C21H19ClN2O5S/c1-12-7-8-14(22)10-15(12)23-18(25)11-24-20(26)17(30-21(24)27)9-13-5-4-6-16(28-2)19(13)29-3/h4-10H,11H2,1-3H3,(H,23,25)/b17-9+. The van der Waals surface area contributed by atoms with Crippen molar-refractivity contribution in [2.45, 2.75) is 6.92 Å². The number of halogens is 1. The van der Waals surface area contributed by atoms with Gasteiger partial charge in [0.1, 0.15) is 6.54 Å². The first-order valence-corrected chi connectivity index (χ1v) is 10.1. The van der Waals surface area contributed by atoms with Crippen LogP contribution >= 0.6 is 23.4 Å². The number of hydrogen-bond donors (Lipinski definition) is 1. The molecule has 30 heavy (non-hydrogen) atoms. The molecular weight excluding hydrogens is 428 g/mol. The van der Waals surface area contributed by atoms with E-state index in [1.54, 1.807) is 42.5 Å². The summed E-state index contributed by atoms with van der Waals surface area (Å²) in [6, 6.07) is 10.3. The minimum atomic E-state index is -0.548. The monoisotopic (exact) mass is 446 g/mol. The first-order valence-electron chi connectivity index (χ1n) is 8.86. The molecule has 1 aliphatic rings. The third kappa shape index (κ3) is 4.60. The number of carbonyl (C=O) groups excluding carboxylic acids is 3. The molecule has 3 amide bonds. The van der Waals surface area contributed by atoms with Gasteiger partial charge in [-0.05, 0) is 48.5 Å². The molecule has 7 nitrogen and oxygen atoms in total. The van der Waals surface area contributed by atoms with Crippen molar-refractivity contribution in [3.8, 4) is 11.5 Å². The second-order valence-electron chi connectivity index (χ2n) is 6.36. The average Bonchev–Trinajstić information content (AvgIpc) is 2.97. The summed E-state index contributed by atoms with van der Waals surface area (Å²) in [7, 11) is 3.00. The predicted octanol–water partition coefficient (Wildman–Crippen LogP) is 4.34. The minimum absolute atomic E-state index is 0.193. The number of ether oxygens (including phenoxy) is 2. The van der Waals surface area contributed by atoms with Gasteiger partial charge in [-0.3, -0.25) is 19.3 Å². The predicted molar refractivity (Wildman–Crippen MR) is 117 cm³/mol. The third-order valence-corrected chi connectivity index (χ3v) is 5.51. The summed E-state index contributed by atoms with van der Waals surface area (Å²) in [5, 5.41) is 2.63. The molecule has 0 aromatic heterocycles. The van der Waals surface area contributed by atoms with Crippen LogP contribution in [0.4, 0.5) is 10.5 Å². The van der Waals surface area contributed by atoms with Crippen LogP contribution in [0.2, 0.25) is 5.02 Å². The van der Waals surface area contributed by atoms with Crippen molar-refractivity contribution in [1.82, 2.24) is 4.90 Å². The van der Waals surface area contributed by atoms with Gasteiger partial charge >= 0.3 is 0 Å². The topological polar surface area (TPSA) is 84.9 Å². The number of benzene rings is 2. The van der Waals surface area contributed by atoms with E-state index < -0.39 is 23.6 Å². The van der Waals surface area contributed by atoms with Crippen molar-refractivity contribution in [3.63, 3.8) is 0 Å². The summed E-state index contributed by atoms with van der Waals surface area (Å²) in [6.45, 7) is 1.42. The Morgan fingerprint density at radius 3 is 2.67 bits per heavy atom. The molecule has 2 aromatic rings. The number of carbonyl (C=O) groups is 3. The van der Waals surface area contributed by atoms with Crippen molar-refractivity contribution < 1.29 is 23.9 Å². The summed E-state index contributed by atoms with van der Waals surface area (Å²) in [4.78, 5) is 38.6. The van der Waals surface area contributed by atoms with E-state index in [9.17, 15) is 14.4 Å². The molecule has 1 N–H and O–H groups in total. The lowest BCUT2D eigenvalue weighted by Gasteiger charge is -2.14. The van der Waals surface area contributed by atoms with Crippen LogP contribution in [0.3, 0.4) is 0 Å². The fourth-order valence-electron chi connectivity index (χ4n) is 2.87. The van der Waals surface area contributed by atoms with Gasteiger partial charge in [0.25, 0.3) is 11.1 Å². The van der Waals surface area contributed by atoms with Gasteiger partial charge in [0.05, 0.1) is 19.1 Å². The maximum Gasteiger partial charge on any atom is 0.294 e. The molecule has 1 saturated heterocycles. The van der Waals surface area contributed by atoms with Crippen LogP contribution in [-0.2, 0) is 9.59 Å². The van der Waals surface area contributed by atoms with Crippen LogP contribution in [0, 0.1) is 6.92 Å². The number of imide groups is 1. The maximum atomic E-state index is 12.7. The molecular formula is C21H19ClN2O5S. The molecule has 2 aromatic carbocycles. The van der Waals surface area contributed by atoms with Gasteiger partial charge in [-0.1, -0.05) is 29.8 Å². The number of anilines is 1. The number of rotatable bonds is 6. The molecule has 3 rings (SSSR count). The van der Waals surface area contributed by atoms with Gasteiger partial charge in [0.15, 0.2) is 11.5 Å². The van der Waals surface area contributed by atoms with E-state index in [4.69, 9.17) is 21.1 Å². The van der Waals surface area contributed by atoms with Gasteiger partial charge in [-0.25, -0.2) is 0 Å². The number of thioether (sulfide) groups is 1. The Balaban J connectivity index is 1.77. The van der Waals surface area contributed by atoms with Crippen molar-refractivity contribution >= 4 is 52.2 Å². The van der Waals surface area contributed by atoms with Crippen LogP contribution in [0.5, 0.6) is 11.5 Å². The summed E-state index contributed by atoms with van der Waals surface area (Å²) in [5.41, 5.74) is 1.92. The molecule has 0 bridgehead atoms. The number of methoxy groups -OCH3 is 2. The highest BCUT2D eigenvalue weighted by atomic mass is 35.5. The molecule has 0 spiro atoms. The molecule has 9 heteroatoms. The van der Waals surface area contributed by atoms with Crippen LogP contribution in [0.15, 0.2) is 41.3 Å².